The number of ether oxygens (including phenoxy) is 9. The van der Waals surface area contributed by atoms with Gasteiger partial charge in [-0.3, -0.25) is 9.59 Å². The number of carbonyl (C=O) groups excluding carboxylic acids is 2. The number of carboxylic acids is 1. The lowest BCUT2D eigenvalue weighted by Gasteiger charge is -2.36. The van der Waals surface area contributed by atoms with Gasteiger partial charge in [0.05, 0.1) is 106 Å². The van der Waals surface area contributed by atoms with Gasteiger partial charge >= 0.3 is 11.9 Å². The first kappa shape index (κ1) is 43.4. The number of carbonyl (C=O) groups is 3. The van der Waals surface area contributed by atoms with Crippen LogP contribution in [-0.2, 0) is 62.6 Å². The average molecular weight is 741 g/mol. The van der Waals surface area contributed by atoms with Crippen LogP contribution in [0.2, 0.25) is 0 Å². The summed E-state index contributed by atoms with van der Waals surface area (Å²) in [5.41, 5.74) is 2.39. The van der Waals surface area contributed by atoms with Crippen molar-refractivity contribution in [2.45, 2.75) is 18.4 Å². The van der Waals surface area contributed by atoms with Crippen molar-refractivity contribution in [3.05, 3.63) is 108 Å². The van der Waals surface area contributed by atoms with Crippen molar-refractivity contribution in [1.82, 2.24) is 0 Å². The van der Waals surface area contributed by atoms with E-state index in [1.54, 1.807) is 0 Å². The molecule has 0 heterocycles. The molecule has 0 spiro atoms. The van der Waals surface area contributed by atoms with Crippen LogP contribution in [0.15, 0.2) is 91.0 Å². The van der Waals surface area contributed by atoms with E-state index in [4.69, 9.17) is 47.7 Å². The molecular formula is C40H52O13. The molecule has 0 fully saturated rings. The van der Waals surface area contributed by atoms with Crippen molar-refractivity contribution in [2.75, 3.05) is 106 Å². The lowest BCUT2D eigenvalue weighted by Crippen LogP contribution is -2.34. The van der Waals surface area contributed by atoms with Crippen LogP contribution in [0.1, 0.15) is 29.5 Å². The van der Waals surface area contributed by atoms with Crippen molar-refractivity contribution >= 4 is 17.7 Å². The number of aliphatic carboxylic acids is 1. The summed E-state index contributed by atoms with van der Waals surface area (Å²) in [5, 5.41) is 8.47. The van der Waals surface area contributed by atoms with Crippen LogP contribution in [0.4, 0.5) is 0 Å². The van der Waals surface area contributed by atoms with E-state index in [1.165, 1.54) is 0 Å². The summed E-state index contributed by atoms with van der Waals surface area (Å²) in [4.78, 5) is 32.7. The Morgan fingerprint density at radius 2 is 0.717 bits per heavy atom. The standard InChI is InChI=1S/C40H52O13/c41-37(39(43)44)16-17-38(42)52-32-30-50-28-26-48-24-22-46-20-18-45-19-21-47-23-25-49-27-29-51-31-33-53-40(34-10-4-1-5-11-34,35-12-6-2-7-13-35)36-14-8-3-9-15-36/h1-15H,16-33H2,(H,43,44). The first-order chi connectivity index (χ1) is 26.0. The molecule has 0 aliphatic heterocycles. The summed E-state index contributed by atoms with van der Waals surface area (Å²) in [6.45, 7) is 6.07. The fourth-order valence-corrected chi connectivity index (χ4v) is 5.05. The molecule has 0 bridgehead atoms. The maximum absolute atomic E-state index is 11.4. The highest BCUT2D eigenvalue weighted by atomic mass is 16.6. The molecule has 290 valence electrons. The Morgan fingerprint density at radius 3 is 1.04 bits per heavy atom. The van der Waals surface area contributed by atoms with E-state index in [0.29, 0.717) is 92.5 Å². The van der Waals surface area contributed by atoms with Gasteiger partial charge in [0.15, 0.2) is 0 Å². The lowest BCUT2D eigenvalue weighted by molar-refractivity contribution is -0.151. The second-order valence-electron chi connectivity index (χ2n) is 11.4. The summed E-state index contributed by atoms with van der Waals surface area (Å²) in [6.07, 6.45) is -0.663. The number of ketones is 1. The van der Waals surface area contributed by atoms with Crippen LogP contribution >= 0.6 is 0 Å². The third kappa shape index (κ3) is 17.6. The highest BCUT2D eigenvalue weighted by molar-refractivity contribution is 6.32. The van der Waals surface area contributed by atoms with Gasteiger partial charge in [-0.05, 0) is 16.7 Å². The molecule has 53 heavy (non-hydrogen) atoms. The number of rotatable bonds is 32. The molecule has 0 aliphatic carbocycles. The number of benzene rings is 3. The Kier molecular flexibility index (Phi) is 22.5. The van der Waals surface area contributed by atoms with Gasteiger partial charge in [-0.25, -0.2) is 4.79 Å². The van der Waals surface area contributed by atoms with Crippen molar-refractivity contribution in [3.8, 4) is 0 Å². The lowest BCUT2D eigenvalue weighted by atomic mass is 9.80. The molecule has 13 nitrogen and oxygen atoms in total. The third-order valence-corrected chi connectivity index (χ3v) is 7.60. The van der Waals surface area contributed by atoms with Gasteiger partial charge in [-0.1, -0.05) is 91.0 Å². The molecule has 0 saturated carbocycles. The van der Waals surface area contributed by atoms with Crippen LogP contribution in [0.3, 0.4) is 0 Å². The minimum Gasteiger partial charge on any atom is -0.476 e. The van der Waals surface area contributed by atoms with Gasteiger partial charge in [-0.2, -0.15) is 0 Å². The Balaban J connectivity index is 1.10. The van der Waals surface area contributed by atoms with Crippen LogP contribution in [-0.4, -0.2) is 129 Å². The molecule has 13 heteroatoms. The Morgan fingerprint density at radius 1 is 0.415 bits per heavy atom. The first-order valence-corrected chi connectivity index (χ1v) is 17.8. The summed E-state index contributed by atoms with van der Waals surface area (Å²) < 4.78 is 50.2. The molecule has 0 unspecified atom stereocenters. The zero-order chi connectivity index (χ0) is 37.7. The number of esters is 1. The van der Waals surface area contributed by atoms with Gasteiger partial charge in [0.25, 0.3) is 0 Å². The minimum atomic E-state index is -1.56. The molecular weight excluding hydrogens is 688 g/mol. The number of hydrogen-bond donors (Lipinski definition) is 1. The van der Waals surface area contributed by atoms with Crippen LogP contribution in [0.25, 0.3) is 0 Å². The smallest absolute Gasteiger partial charge is 0.372 e. The predicted octanol–water partition coefficient (Wildman–Crippen LogP) is 4.09. The minimum absolute atomic E-state index is 0.0117. The quantitative estimate of drug-likeness (QED) is 0.0424. The maximum atomic E-state index is 11.4. The topological polar surface area (TPSA) is 155 Å². The SMILES string of the molecule is O=C(CCC(=O)C(=O)O)OCCOCCOCCOCCOCCOCCOCCOCCOC(c1ccccc1)(c1ccccc1)c1ccccc1. The first-order valence-electron chi connectivity index (χ1n) is 17.8. The highest BCUT2D eigenvalue weighted by Gasteiger charge is 2.37. The van der Waals surface area contributed by atoms with E-state index in [2.05, 4.69) is 36.4 Å². The molecule has 3 aromatic rings. The number of carboxylic acid groups (broad SMARTS) is 1. The second kappa shape index (κ2) is 27.5. The van der Waals surface area contributed by atoms with Gasteiger partial charge in [0, 0.05) is 6.42 Å². The van der Waals surface area contributed by atoms with E-state index < -0.39 is 23.3 Å². The van der Waals surface area contributed by atoms with Crippen molar-refractivity contribution in [2.24, 2.45) is 0 Å². The molecule has 0 radical (unpaired) electrons. The van der Waals surface area contributed by atoms with E-state index in [1.807, 2.05) is 54.6 Å². The Hall–Kier alpha value is -4.05. The average Bonchev–Trinajstić information content (AvgIpc) is 3.19. The van der Waals surface area contributed by atoms with E-state index in [9.17, 15) is 14.4 Å². The van der Waals surface area contributed by atoms with Gasteiger partial charge in [0.2, 0.25) is 5.78 Å². The largest absolute Gasteiger partial charge is 0.476 e. The molecule has 3 aromatic carbocycles. The van der Waals surface area contributed by atoms with Gasteiger partial charge in [-0.15, -0.1) is 0 Å². The molecule has 0 aromatic heterocycles. The molecule has 1 N–H and O–H groups in total. The molecule has 0 saturated heterocycles. The van der Waals surface area contributed by atoms with E-state index >= 15 is 0 Å². The zero-order valence-electron chi connectivity index (χ0n) is 30.2. The summed E-state index contributed by atoms with van der Waals surface area (Å²) in [6, 6.07) is 30.8. The third-order valence-electron chi connectivity index (χ3n) is 7.60. The Labute approximate surface area is 311 Å². The second-order valence-corrected chi connectivity index (χ2v) is 11.4. The zero-order valence-corrected chi connectivity index (χ0v) is 30.2. The monoisotopic (exact) mass is 740 g/mol. The summed E-state index contributed by atoms with van der Waals surface area (Å²) in [5.74, 6) is -3.24. The van der Waals surface area contributed by atoms with Gasteiger partial charge in [0.1, 0.15) is 12.2 Å². The van der Waals surface area contributed by atoms with E-state index in [-0.39, 0.29) is 26.1 Å². The fraction of sp³-hybridized carbons (Fsp3) is 0.475. The van der Waals surface area contributed by atoms with Gasteiger partial charge < -0.3 is 47.7 Å². The predicted molar refractivity (Wildman–Crippen MR) is 194 cm³/mol. The van der Waals surface area contributed by atoms with Crippen LogP contribution in [0, 0.1) is 0 Å². The molecule has 0 atom stereocenters. The fourth-order valence-electron chi connectivity index (χ4n) is 5.05. The molecule has 0 amide bonds. The highest BCUT2D eigenvalue weighted by Crippen LogP contribution is 2.40. The van der Waals surface area contributed by atoms with Crippen LogP contribution in [0.5, 0.6) is 0 Å². The summed E-state index contributed by atoms with van der Waals surface area (Å²) in [7, 11) is 0. The maximum Gasteiger partial charge on any atom is 0.372 e. The normalized spacial score (nSPS) is 11.4. The van der Waals surface area contributed by atoms with Crippen LogP contribution < -0.4 is 0 Å². The van der Waals surface area contributed by atoms with Crippen molar-refractivity contribution < 1.29 is 62.1 Å². The van der Waals surface area contributed by atoms with Crippen molar-refractivity contribution in [1.29, 1.82) is 0 Å². The summed E-state index contributed by atoms with van der Waals surface area (Å²) >= 11 is 0. The van der Waals surface area contributed by atoms with Crippen molar-refractivity contribution in [3.63, 3.8) is 0 Å². The van der Waals surface area contributed by atoms with E-state index in [0.717, 1.165) is 16.7 Å². The number of Topliss-reactive ketones (excluding diaryl/α,β-unsaturated/α-hetero) is 1. The number of hydrogen-bond acceptors (Lipinski definition) is 12. The molecule has 0 aliphatic rings. The molecule has 3 rings (SSSR count). The Bertz CT molecular complexity index is 1290.